The number of halogens is 1. The molecular formula is C19H23BrO2. The van der Waals surface area contributed by atoms with Gasteiger partial charge >= 0.3 is 0 Å². The maximum atomic E-state index is 11.8. The Morgan fingerprint density at radius 3 is 2.14 bits per heavy atom. The highest BCUT2D eigenvalue weighted by Crippen LogP contribution is 2.62. The molecule has 0 heterocycles. The third kappa shape index (κ3) is 2.08. The number of rotatable bonds is 3. The molecule has 0 saturated heterocycles. The van der Waals surface area contributed by atoms with Crippen LogP contribution in [-0.2, 0) is 5.41 Å². The number of hydrogen-bond acceptors (Lipinski definition) is 2. The molecule has 5 rings (SSSR count). The van der Waals surface area contributed by atoms with Crippen LogP contribution in [0.5, 0.6) is 5.75 Å². The fourth-order valence-corrected chi connectivity index (χ4v) is 6.67. The van der Waals surface area contributed by atoms with Gasteiger partial charge in [0.1, 0.15) is 5.75 Å². The van der Waals surface area contributed by atoms with Gasteiger partial charge < -0.3 is 4.74 Å². The van der Waals surface area contributed by atoms with Gasteiger partial charge in [0.05, 0.1) is 11.6 Å². The van der Waals surface area contributed by atoms with Gasteiger partial charge in [0.15, 0.2) is 5.78 Å². The zero-order valence-electron chi connectivity index (χ0n) is 13.3. The van der Waals surface area contributed by atoms with Gasteiger partial charge in [-0.15, -0.1) is 0 Å². The number of carbonyl (C=O) groups is 1. The van der Waals surface area contributed by atoms with Crippen LogP contribution in [0.15, 0.2) is 16.6 Å². The van der Waals surface area contributed by atoms with Crippen LogP contribution in [0, 0.1) is 17.8 Å². The zero-order chi connectivity index (χ0) is 15.5. The van der Waals surface area contributed by atoms with Crippen molar-refractivity contribution in [2.24, 2.45) is 17.8 Å². The van der Waals surface area contributed by atoms with Crippen LogP contribution in [0.4, 0.5) is 0 Å². The monoisotopic (exact) mass is 362 g/mol. The fourth-order valence-electron chi connectivity index (χ4n) is 5.89. The first-order chi connectivity index (χ1) is 10.5. The molecule has 0 radical (unpaired) electrons. The third-order valence-corrected chi connectivity index (χ3v) is 7.08. The molecule has 4 bridgehead atoms. The van der Waals surface area contributed by atoms with Gasteiger partial charge in [-0.3, -0.25) is 4.79 Å². The number of methoxy groups -OCH3 is 1. The minimum Gasteiger partial charge on any atom is -0.495 e. The van der Waals surface area contributed by atoms with E-state index < -0.39 is 0 Å². The van der Waals surface area contributed by atoms with Gasteiger partial charge in [-0.2, -0.15) is 0 Å². The Morgan fingerprint density at radius 2 is 1.68 bits per heavy atom. The molecule has 4 aliphatic rings. The highest BCUT2D eigenvalue weighted by molar-refractivity contribution is 9.10. The van der Waals surface area contributed by atoms with E-state index in [9.17, 15) is 4.79 Å². The molecule has 1 aromatic rings. The van der Waals surface area contributed by atoms with Crippen LogP contribution < -0.4 is 4.74 Å². The van der Waals surface area contributed by atoms with E-state index in [1.807, 2.05) is 6.07 Å². The van der Waals surface area contributed by atoms with Crippen molar-refractivity contribution < 1.29 is 9.53 Å². The van der Waals surface area contributed by atoms with Crippen molar-refractivity contribution in [3.63, 3.8) is 0 Å². The largest absolute Gasteiger partial charge is 0.495 e. The normalized spacial score (nSPS) is 35.7. The molecule has 3 heteroatoms. The summed E-state index contributed by atoms with van der Waals surface area (Å²) in [5.74, 6) is 3.70. The Labute approximate surface area is 140 Å². The van der Waals surface area contributed by atoms with Crippen molar-refractivity contribution >= 4 is 21.7 Å². The van der Waals surface area contributed by atoms with Gasteiger partial charge in [0.25, 0.3) is 0 Å². The summed E-state index contributed by atoms with van der Waals surface area (Å²) in [4.78, 5) is 11.8. The molecular weight excluding hydrogens is 340 g/mol. The van der Waals surface area contributed by atoms with E-state index in [1.165, 1.54) is 44.1 Å². The molecule has 0 spiro atoms. The van der Waals surface area contributed by atoms with Crippen molar-refractivity contribution in [1.82, 2.24) is 0 Å². The number of ketones is 1. The Hall–Kier alpha value is -0.830. The van der Waals surface area contributed by atoms with Gasteiger partial charge in [0, 0.05) is 11.1 Å². The fraction of sp³-hybridized carbons (Fsp3) is 0.632. The number of ether oxygens (including phenoxy) is 1. The summed E-state index contributed by atoms with van der Waals surface area (Å²) >= 11 is 3.63. The lowest BCUT2D eigenvalue weighted by molar-refractivity contribution is -0.00621. The average molecular weight is 363 g/mol. The molecule has 0 atom stereocenters. The molecule has 1 aromatic carbocycles. The summed E-state index contributed by atoms with van der Waals surface area (Å²) in [5, 5.41) is 0. The molecule has 4 fully saturated rings. The lowest BCUT2D eigenvalue weighted by Gasteiger charge is -2.57. The van der Waals surface area contributed by atoms with E-state index in [0.29, 0.717) is 0 Å². The molecule has 0 amide bonds. The molecule has 22 heavy (non-hydrogen) atoms. The minimum atomic E-state index is 0.0854. The van der Waals surface area contributed by atoms with Crippen LogP contribution in [-0.4, -0.2) is 12.9 Å². The number of Topliss-reactive ketones (excluding diaryl/α,β-unsaturated/α-hetero) is 1. The van der Waals surface area contributed by atoms with Crippen LogP contribution in [0.3, 0.4) is 0 Å². The average Bonchev–Trinajstić information content (AvgIpc) is 2.45. The number of hydrogen-bond donors (Lipinski definition) is 0. The van der Waals surface area contributed by atoms with Crippen LogP contribution >= 0.6 is 15.9 Å². The quantitative estimate of drug-likeness (QED) is 0.696. The lowest BCUT2D eigenvalue weighted by Crippen LogP contribution is -2.48. The van der Waals surface area contributed by atoms with Crippen molar-refractivity contribution in [3.8, 4) is 5.75 Å². The van der Waals surface area contributed by atoms with Gasteiger partial charge in [-0.05, 0) is 90.6 Å². The maximum Gasteiger partial charge on any atom is 0.161 e. The molecule has 0 N–H and O–H groups in total. The first kappa shape index (κ1) is 14.7. The third-order valence-electron chi connectivity index (χ3n) is 6.29. The second-order valence-corrected chi connectivity index (χ2v) is 8.55. The molecule has 0 aliphatic heterocycles. The summed E-state index contributed by atoms with van der Waals surface area (Å²) < 4.78 is 6.60. The topological polar surface area (TPSA) is 26.3 Å². The van der Waals surface area contributed by atoms with E-state index in [2.05, 4.69) is 22.0 Å². The van der Waals surface area contributed by atoms with E-state index in [-0.39, 0.29) is 11.2 Å². The van der Waals surface area contributed by atoms with E-state index in [0.717, 1.165) is 33.5 Å². The summed E-state index contributed by atoms with van der Waals surface area (Å²) in [6.45, 7) is 1.62. The predicted molar refractivity (Wildman–Crippen MR) is 90.5 cm³/mol. The molecule has 4 aliphatic carbocycles. The first-order valence-corrected chi connectivity index (χ1v) is 9.19. The predicted octanol–water partition coefficient (Wildman–Crippen LogP) is 5.13. The Bertz CT molecular complexity index is 599. The van der Waals surface area contributed by atoms with Crippen LogP contribution in [0.1, 0.15) is 61.4 Å². The zero-order valence-corrected chi connectivity index (χ0v) is 14.9. The molecule has 0 unspecified atom stereocenters. The molecule has 2 nitrogen and oxygen atoms in total. The van der Waals surface area contributed by atoms with Crippen LogP contribution in [0.25, 0.3) is 0 Å². The second kappa shape index (κ2) is 5.09. The van der Waals surface area contributed by atoms with Gasteiger partial charge in [-0.1, -0.05) is 6.07 Å². The molecule has 4 saturated carbocycles. The smallest absolute Gasteiger partial charge is 0.161 e. The second-order valence-electron chi connectivity index (χ2n) is 7.76. The van der Waals surface area contributed by atoms with E-state index >= 15 is 0 Å². The van der Waals surface area contributed by atoms with Crippen molar-refractivity contribution in [2.45, 2.75) is 50.9 Å². The summed E-state index contributed by atoms with van der Waals surface area (Å²) in [5.41, 5.74) is 2.36. The number of benzene rings is 1. The Balaban J connectivity index is 1.82. The molecule has 0 aromatic heterocycles. The van der Waals surface area contributed by atoms with Crippen LogP contribution in [0.2, 0.25) is 0 Å². The SMILES string of the molecule is COc1c(C23CC4CC(CC(C4)C2)C3)ccc(C(C)=O)c1Br. The van der Waals surface area contributed by atoms with Crippen molar-refractivity contribution in [1.29, 1.82) is 0 Å². The number of carbonyl (C=O) groups excluding carboxylic acids is 1. The molecule has 118 valence electrons. The Morgan fingerprint density at radius 1 is 1.14 bits per heavy atom. The lowest BCUT2D eigenvalue weighted by atomic mass is 9.48. The maximum absolute atomic E-state index is 11.8. The summed E-state index contributed by atoms with van der Waals surface area (Å²) in [7, 11) is 1.73. The van der Waals surface area contributed by atoms with E-state index in [1.54, 1.807) is 14.0 Å². The summed E-state index contributed by atoms with van der Waals surface area (Å²) in [6.07, 6.45) is 8.24. The highest BCUT2D eigenvalue weighted by Gasteiger charge is 2.52. The van der Waals surface area contributed by atoms with E-state index in [4.69, 9.17) is 4.74 Å². The minimum absolute atomic E-state index is 0.0854. The highest BCUT2D eigenvalue weighted by atomic mass is 79.9. The van der Waals surface area contributed by atoms with Crippen molar-refractivity contribution in [3.05, 3.63) is 27.7 Å². The standard InChI is InChI=1S/C19H23BrO2/c1-11(21)15-3-4-16(18(22-2)17(15)20)19-8-12-5-13(9-19)7-14(6-12)10-19/h3-4,12-14H,5-10H2,1-2H3. The van der Waals surface area contributed by atoms with Gasteiger partial charge in [-0.25, -0.2) is 0 Å². The van der Waals surface area contributed by atoms with Gasteiger partial charge in [0.2, 0.25) is 0 Å². The Kier molecular flexibility index (Phi) is 3.41. The van der Waals surface area contributed by atoms with Crippen molar-refractivity contribution in [2.75, 3.05) is 7.11 Å². The first-order valence-electron chi connectivity index (χ1n) is 8.40. The summed E-state index contributed by atoms with van der Waals surface area (Å²) in [6, 6.07) is 4.16.